The largest absolute Gasteiger partial charge is 0.476 e. The Balaban J connectivity index is 2.75. The molecule has 0 radical (unpaired) electrons. The molecule has 1 aromatic heterocycles. The Morgan fingerprint density at radius 3 is 2.89 bits per heavy atom. The number of esters is 1. The molecule has 3 N–H and O–H groups in total. The quantitative estimate of drug-likeness (QED) is 0.746. The minimum atomic E-state index is -0.481. The van der Waals surface area contributed by atoms with Gasteiger partial charge in [0.2, 0.25) is 5.88 Å². The highest BCUT2D eigenvalue weighted by molar-refractivity contribution is 5.78. The Bertz CT molecular complexity index is 410. The molecule has 6 heteroatoms. The Morgan fingerprint density at radius 2 is 2.28 bits per heavy atom. The van der Waals surface area contributed by atoms with Crippen LogP contribution in [0.3, 0.4) is 0 Å². The van der Waals surface area contributed by atoms with Crippen molar-refractivity contribution in [2.75, 3.05) is 24.8 Å². The predicted octanol–water partition coefficient (Wildman–Crippen LogP) is 1.43. The summed E-state index contributed by atoms with van der Waals surface area (Å²) < 4.78 is 10.0. The summed E-state index contributed by atoms with van der Waals surface area (Å²) in [6.45, 7) is 4.24. The number of hydrogen-bond acceptors (Lipinski definition) is 6. The Hall–Kier alpha value is -1.98. The third-order valence-electron chi connectivity index (χ3n) is 2.25. The highest BCUT2D eigenvalue weighted by Crippen LogP contribution is 2.21. The van der Waals surface area contributed by atoms with Crippen molar-refractivity contribution in [3.05, 3.63) is 12.1 Å². The molecule has 100 valence electrons. The van der Waals surface area contributed by atoms with Gasteiger partial charge in [-0.15, -0.1) is 0 Å². The van der Waals surface area contributed by atoms with Crippen molar-refractivity contribution in [1.82, 2.24) is 4.98 Å². The molecule has 0 saturated heterocycles. The van der Waals surface area contributed by atoms with Crippen molar-refractivity contribution < 1.29 is 14.3 Å². The van der Waals surface area contributed by atoms with E-state index in [4.69, 9.17) is 10.5 Å². The van der Waals surface area contributed by atoms with Gasteiger partial charge in [0.15, 0.2) is 0 Å². The van der Waals surface area contributed by atoms with Gasteiger partial charge in [0.1, 0.15) is 11.9 Å². The van der Waals surface area contributed by atoms with Gasteiger partial charge in [-0.25, -0.2) is 4.79 Å². The van der Waals surface area contributed by atoms with Crippen LogP contribution in [-0.2, 0) is 9.53 Å². The first-order chi connectivity index (χ1) is 8.58. The third-order valence-corrected chi connectivity index (χ3v) is 2.25. The molecule has 0 aliphatic heterocycles. The molecule has 0 bridgehead atoms. The number of nitrogens with two attached hydrogens (primary N) is 1. The van der Waals surface area contributed by atoms with Crippen LogP contribution in [0.25, 0.3) is 0 Å². The highest BCUT2D eigenvalue weighted by atomic mass is 16.5. The van der Waals surface area contributed by atoms with Crippen LogP contribution in [0.4, 0.5) is 11.5 Å². The average molecular weight is 253 g/mol. The van der Waals surface area contributed by atoms with E-state index in [-0.39, 0.29) is 5.97 Å². The summed E-state index contributed by atoms with van der Waals surface area (Å²) in [5.74, 6) is 0.539. The molecule has 1 rings (SSSR count). The topological polar surface area (TPSA) is 86.5 Å². The van der Waals surface area contributed by atoms with Crippen LogP contribution in [0.1, 0.15) is 20.3 Å². The fourth-order valence-corrected chi connectivity index (χ4v) is 1.30. The second-order valence-electron chi connectivity index (χ2n) is 3.83. The maximum Gasteiger partial charge on any atom is 0.328 e. The van der Waals surface area contributed by atoms with E-state index in [1.165, 1.54) is 7.11 Å². The molecule has 0 aliphatic rings. The molecule has 6 nitrogen and oxygen atoms in total. The standard InChI is InChI=1S/C12H19N3O3/c1-4-7-18-11-9(13)5-6-10(15-11)14-8(2)12(16)17-3/h5-6,8H,4,7,13H2,1-3H3,(H,14,15). The van der Waals surface area contributed by atoms with E-state index < -0.39 is 6.04 Å². The maximum atomic E-state index is 11.3. The summed E-state index contributed by atoms with van der Waals surface area (Å²) in [6, 6.07) is 2.89. The van der Waals surface area contributed by atoms with Crippen LogP contribution < -0.4 is 15.8 Å². The number of aromatic nitrogens is 1. The summed E-state index contributed by atoms with van der Waals surface area (Å²) in [5, 5.41) is 2.92. The number of nitrogens with zero attached hydrogens (tertiary/aromatic N) is 1. The second-order valence-corrected chi connectivity index (χ2v) is 3.83. The van der Waals surface area contributed by atoms with Gasteiger partial charge in [0.05, 0.1) is 19.4 Å². The first-order valence-electron chi connectivity index (χ1n) is 5.82. The van der Waals surface area contributed by atoms with E-state index in [2.05, 4.69) is 15.0 Å². The molecule has 0 aliphatic carbocycles. The number of pyridine rings is 1. The number of nitrogens with one attached hydrogen (secondary N) is 1. The number of methoxy groups -OCH3 is 1. The van der Waals surface area contributed by atoms with Gasteiger partial charge in [-0.1, -0.05) is 6.92 Å². The summed E-state index contributed by atoms with van der Waals surface area (Å²) >= 11 is 0. The van der Waals surface area contributed by atoms with E-state index in [9.17, 15) is 4.79 Å². The predicted molar refractivity (Wildman–Crippen MR) is 69.5 cm³/mol. The number of carbonyl (C=O) groups excluding carboxylic acids is 1. The van der Waals surface area contributed by atoms with Crippen LogP contribution in [0.5, 0.6) is 5.88 Å². The van der Waals surface area contributed by atoms with Crippen LogP contribution in [0.15, 0.2) is 12.1 Å². The maximum absolute atomic E-state index is 11.3. The fraction of sp³-hybridized carbons (Fsp3) is 0.500. The highest BCUT2D eigenvalue weighted by Gasteiger charge is 2.14. The molecule has 1 aromatic rings. The van der Waals surface area contributed by atoms with Crippen molar-refractivity contribution in [3.8, 4) is 5.88 Å². The van der Waals surface area contributed by atoms with E-state index in [0.717, 1.165) is 6.42 Å². The van der Waals surface area contributed by atoms with Gasteiger partial charge < -0.3 is 20.5 Å². The van der Waals surface area contributed by atoms with Crippen LogP contribution in [0.2, 0.25) is 0 Å². The van der Waals surface area contributed by atoms with Crippen molar-refractivity contribution in [2.24, 2.45) is 0 Å². The lowest BCUT2D eigenvalue weighted by molar-refractivity contribution is -0.141. The van der Waals surface area contributed by atoms with Crippen LogP contribution >= 0.6 is 0 Å². The molecule has 0 fully saturated rings. The molecule has 1 atom stereocenters. The molecule has 0 aromatic carbocycles. The van der Waals surface area contributed by atoms with E-state index >= 15 is 0 Å². The normalized spacial score (nSPS) is 11.7. The van der Waals surface area contributed by atoms with Crippen molar-refractivity contribution in [3.63, 3.8) is 0 Å². The van der Waals surface area contributed by atoms with Gasteiger partial charge in [0, 0.05) is 0 Å². The first-order valence-corrected chi connectivity index (χ1v) is 5.82. The summed E-state index contributed by atoms with van der Waals surface area (Å²) in [7, 11) is 1.34. The number of rotatable bonds is 6. The molecule has 1 unspecified atom stereocenters. The van der Waals surface area contributed by atoms with Crippen LogP contribution in [0, 0.1) is 0 Å². The van der Waals surface area contributed by atoms with E-state index in [1.807, 2.05) is 6.92 Å². The van der Waals surface area contributed by atoms with E-state index in [1.54, 1.807) is 19.1 Å². The summed E-state index contributed by atoms with van der Waals surface area (Å²) in [5.41, 5.74) is 6.21. The first kappa shape index (κ1) is 14.1. The Labute approximate surface area is 106 Å². The van der Waals surface area contributed by atoms with Crippen molar-refractivity contribution in [1.29, 1.82) is 0 Å². The Kier molecular flexibility index (Phi) is 5.23. The van der Waals surface area contributed by atoms with Crippen molar-refractivity contribution >= 4 is 17.5 Å². The lowest BCUT2D eigenvalue weighted by atomic mass is 10.3. The zero-order valence-corrected chi connectivity index (χ0v) is 10.9. The smallest absolute Gasteiger partial charge is 0.328 e. The fourth-order valence-electron chi connectivity index (χ4n) is 1.30. The van der Waals surface area contributed by atoms with Gasteiger partial charge in [0.25, 0.3) is 0 Å². The van der Waals surface area contributed by atoms with Crippen molar-refractivity contribution in [2.45, 2.75) is 26.3 Å². The van der Waals surface area contributed by atoms with Gasteiger partial charge >= 0.3 is 5.97 Å². The molecule has 18 heavy (non-hydrogen) atoms. The van der Waals surface area contributed by atoms with Gasteiger partial charge in [-0.2, -0.15) is 4.98 Å². The van der Waals surface area contributed by atoms with E-state index in [0.29, 0.717) is 24.0 Å². The second kappa shape index (κ2) is 6.68. The average Bonchev–Trinajstić information content (AvgIpc) is 2.38. The minimum Gasteiger partial charge on any atom is -0.476 e. The molecule has 1 heterocycles. The minimum absolute atomic E-state index is 0.357. The zero-order chi connectivity index (χ0) is 13.5. The number of ether oxygens (including phenoxy) is 2. The molecule has 0 amide bonds. The molecular weight excluding hydrogens is 234 g/mol. The zero-order valence-electron chi connectivity index (χ0n) is 10.9. The number of nitrogen functional groups attached to an aromatic ring is 1. The third kappa shape index (κ3) is 3.80. The monoisotopic (exact) mass is 253 g/mol. The lowest BCUT2D eigenvalue weighted by Gasteiger charge is -2.14. The number of carbonyl (C=O) groups is 1. The SMILES string of the molecule is CCCOc1nc(NC(C)C(=O)OC)ccc1N. The van der Waals surface area contributed by atoms with Crippen LogP contribution in [-0.4, -0.2) is 30.7 Å². The Morgan fingerprint density at radius 1 is 1.56 bits per heavy atom. The van der Waals surface area contributed by atoms with Gasteiger partial charge in [-0.05, 0) is 25.5 Å². The lowest BCUT2D eigenvalue weighted by Crippen LogP contribution is -2.27. The molecule has 0 spiro atoms. The summed E-state index contributed by atoms with van der Waals surface area (Å²) in [4.78, 5) is 15.5. The summed E-state index contributed by atoms with van der Waals surface area (Å²) in [6.07, 6.45) is 0.872. The number of anilines is 2. The molecular formula is C12H19N3O3. The van der Waals surface area contributed by atoms with Gasteiger partial charge in [-0.3, -0.25) is 0 Å². The molecule has 0 saturated carbocycles. The number of hydrogen-bond donors (Lipinski definition) is 2.